The average Bonchev–Trinajstić information content (AvgIpc) is 2.88. The van der Waals surface area contributed by atoms with Crippen LogP contribution in [0, 0.1) is 0 Å². The number of hydrogen-bond acceptors (Lipinski definition) is 3. The van der Waals surface area contributed by atoms with Crippen LogP contribution in [0.4, 0.5) is 0 Å². The molecule has 18 heavy (non-hydrogen) atoms. The third kappa shape index (κ3) is 2.54. The maximum absolute atomic E-state index is 11.9. The van der Waals surface area contributed by atoms with Gasteiger partial charge in [0.15, 0.2) is 0 Å². The van der Waals surface area contributed by atoms with Gasteiger partial charge in [-0.3, -0.25) is 10.1 Å². The third-order valence-corrected chi connectivity index (χ3v) is 4.73. The summed E-state index contributed by atoms with van der Waals surface area (Å²) in [5.74, 6) is 2.61. The fourth-order valence-corrected chi connectivity index (χ4v) is 3.54. The predicted molar refractivity (Wildman–Crippen MR) is 74.6 cm³/mol. The van der Waals surface area contributed by atoms with Crippen molar-refractivity contribution in [3.05, 3.63) is 35.9 Å². The molecule has 1 aromatic rings. The van der Waals surface area contributed by atoms with Gasteiger partial charge in [-0.15, -0.1) is 11.8 Å². The van der Waals surface area contributed by atoms with Crippen molar-refractivity contribution in [1.82, 2.24) is 10.6 Å². The van der Waals surface area contributed by atoms with Crippen molar-refractivity contribution in [2.45, 2.75) is 30.8 Å². The van der Waals surface area contributed by atoms with E-state index >= 15 is 0 Å². The number of amides is 1. The standard InChI is InChI=1S/C14H18N2OS/c17-14(13-8-18-9-15-13)16-12-6-11(7-12)10-4-2-1-3-5-10/h1-5,11-13,15H,6-9H2,(H,16,17). The molecular formula is C14H18N2OS. The molecule has 0 radical (unpaired) electrons. The summed E-state index contributed by atoms with van der Waals surface area (Å²) in [6, 6.07) is 11.0. The van der Waals surface area contributed by atoms with Crippen LogP contribution in [0.2, 0.25) is 0 Å². The first-order valence-corrected chi connectivity index (χ1v) is 7.65. The Morgan fingerprint density at radius 2 is 2.06 bits per heavy atom. The van der Waals surface area contributed by atoms with E-state index in [0.29, 0.717) is 12.0 Å². The summed E-state index contributed by atoms with van der Waals surface area (Å²) in [7, 11) is 0. The summed E-state index contributed by atoms with van der Waals surface area (Å²) in [5.41, 5.74) is 1.40. The van der Waals surface area contributed by atoms with Crippen LogP contribution in [-0.4, -0.2) is 29.6 Å². The van der Waals surface area contributed by atoms with Gasteiger partial charge in [0.25, 0.3) is 0 Å². The Morgan fingerprint density at radius 1 is 1.28 bits per heavy atom. The molecule has 1 aromatic carbocycles. The van der Waals surface area contributed by atoms with Gasteiger partial charge in [-0.25, -0.2) is 0 Å². The molecule has 1 amide bonds. The SMILES string of the molecule is O=C(NC1CC(c2ccccc2)C1)C1CSCN1. The van der Waals surface area contributed by atoms with Crippen molar-refractivity contribution in [2.75, 3.05) is 11.6 Å². The monoisotopic (exact) mass is 262 g/mol. The van der Waals surface area contributed by atoms with Crippen LogP contribution < -0.4 is 10.6 Å². The fraction of sp³-hybridized carbons (Fsp3) is 0.500. The highest BCUT2D eigenvalue weighted by molar-refractivity contribution is 7.99. The molecule has 1 unspecified atom stereocenters. The van der Waals surface area contributed by atoms with Crippen molar-refractivity contribution < 1.29 is 4.79 Å². The van der Waals surface area contributed by atoms with Crippen molar-refractivity contribution in [2.24, 2.45) is 0 Å². The lowest BCUT2D eigenvalue weighted by Gasteiger charge is -2.36. The van der Waals surface area contributed by atoms with Crippen molar-refractivity contribution >= 4 is 17.7 Å². The smallest absolute Gasteiger partial charge is 0.238 e. The van der Waals surface area contributed by atoms with Gasteiger partial charge in [0, 0.05) is 17.7 Å². The predicted octanol–water partition coefficient (Wildman–Crippen LogP) is 1.71. The van der Waals surface area contributed by atoms with E-state index in [1.807, 2.05) is 6.07 Å². The molecule has 2 fully saturated rings. The minimum atomic E-state index is 0.0192. The third-order valence-electron chi connectivity index (χ3n) is 3.79. The molecule has 1 saturated carbocycles. The van der Waals surface area contributed by atoms with Crippen LogP contribution >= 0.6 is 11.8 Å². The lowest BCUT2D eigenvalue weighted by Crippen LogP contribution is -2.50. The molecule has 1 saturated heterocycles. The van der Waals surface area contributed by atoms with Crippen LogP contribution in [0.1, 0.15) is 24.3 Å². The largest absolute Gasteiger partial charge is 0.352 e. The first-order valence-electron chi connectivity index (χ1n) is 6.49. The van der Waals surface area contributed by atoms with E-state index in [2.05, 4.69) is 34.9 Å². The first-order chi connectivity index (χ1) is 8.83. The number of rotatable bonds is 3. The Kier molecular flexibility index (Phi) is 3.57. The lowest BCUT2D eigenvalue weighted by molar-refractivity contribution is -0.123. The molecule has 1 aliphatic heterocycles. The Morgan fingerprint density at radius 3 is 2.72 bits per heavy atom. The van der Waals surface area contributed by atoms with Gasteiger partial charge >= 0.3 is 0 Å². The first kappa shape index (κ1) is 12.1. The van der Waals surface area contributed by atoms with Gasteiger partial charge < -0.3 is 5.32 Å². The van der Waals surface area contributed by atoms with E-state index in [1.54, 1.807) is 11.8 Å². The number of thioether (sulfide) groups is 1. The normalized spacial score (nSPS) is 30.8. The number of carbonyl (C=O) groups is 1. The average molecular weight is 262 g/mol. The van der Waals surface area contributed by atoms with E-state index in [1.165, 1.54) is 5.56 Å². The minimum Gasteiger partial charge on any atom is -0.352 e. The van der Waals surface area contributed by atoms with E-state index in [0.717, 1.165) is 24.5 Å². The van der Waals surface area contributed by atoms with Crippen LogP contribution in [0.15, 0.2) is 30.3 Å². The summed E-state index contributed by atoms with van der Waals surface area (Å²) in [4.78, 5) is 11.9. The Labute approximate surface area is 112 Å². The highest BCUT2D eigenvalue weighted by atomic mass is 32.2. The fourth-order valence-electron chi connectivity index (χ4n) is 2.60. The Hall–Kier alpha value is -1.00. The number of nitrogens with one attached hydrogen (secondary N) is 2. The van der Waals surface area contributed by atoms with Gasteiger partial charge in [0.2, 0.25) is 5.91 Å². The summed E-state index contributed by atoms with van der Waals surface area (Å²) in [5, 5.41) is 6.35. The number of hydrogen-bond donors (Lipinski definition) is 2. The maximum Gasteiger partial charge on any atom is 0.238 e. The zero-order valence-electron chi connectivity index (χ0n) is 10.3. The second-order valence-corrected chi connectivity index (χ2v) is 6.09. The molecule has 2 aliphatic rings. The van der Waals surface area contributed by atoms with Crippen molar-refractivity contribution in [1.29, 1.82) is 0 Å². The molecule has 1 atom stereocenters. The van der Waals surface area contributed by atoms with Gasteiger partial charge in [-0.1, -0.05) is 30.3 Å². The van der Waals surface area contributed by atoms with Gasteiger partial charge in [-0.05, 0) is 24.3 Å². The molecule has 3 rings (SSSR count). The maximum atomic E-state index is 11.9. The number of benzene rings is 1. The second-order valence-electron chi connectivity index (χ2n) is 5.06. The molecule has 0 spiro atoms. The van der Waals surface area contributed by atoms with E-state index < -0.39 is 0 Å². The lowest BCUT2D eigenvalue weighted by atomic mass is 9.76. The highest BCUT2D eigenvalue weighted by Gasteiger charge is 2.33. The van der Waals surface area contributed by atoms with Crippen LogP contribution in [0.5, 0.6) is 0 Å². The molecule has 1 heterocycles. The zero-order chi connectivity index (χ0) is 12.4. The van der Waals surface area contributed by atoms with E-state index in [-0.39, 0.29) is 11.9 Å². The second kappa shape index (κ2) is 5.33. The quantitative estimate of drug-likeness (QED) is 0.871. The summed E-state index contributed by atoms with van der Waals surface area (Å²) in [6.45, 7) is 0. The minimum absolute atomic E-state index is 0.0192. The molecule has 4 heteroatoms. The van der Waals surface area contributed by atoms with Crippen LogP contribution in [-0.2, 0) is 4.79 Å². The van der Waals surface area contributed by atoms with Crippen molar-refractivity contribution in [3.63, 3.8) is 0 Å². The molecule has 0 aromatic heterocycles. The van der Waals surface area contributed by atoms with E-state index in [4.69, 9.17) is 0 Å². The Bertz CT molecular complexity index is 411. The number of carbonyl (C=O) groups excluding carboxylic acids is 1. The molecule has 3 nitrogen and oxygen atoms in total. The summed E-state index contributed by atoms with van der Waals surface area (Å²) in [6.07, 6.45) is 2.16. The Balaban J connectivity index is 1.46. The van der Waals surface area contributed by atoms with Crippen LogP contribution in [0.3, 0.4) is 0 Å². The molecule has 1 aliphatic carbocycles. The zero-order valence-corrected chi connectivity index (χ0v) is 11.1. The van der Waals surface area contributed by atoms with E-state index in [9.17, 15) is 4.79 Å². The molecule has 0 bridgehead atoms. The summed E-state index contributed by atoms with van der Waals surface area (Å²) < 4.78 is 0. The van der Waals surface area contributed by atoms with Gasteiger partial charge in [0.1, 0.15) is 0 Å². The van der Waals surface area contributed by atoms with Crippen molar-refractivity contribution in [3.8, 4) is 0 Å². The molecule has 2 N–H and O–H groups in total. The van der Waals surface area contributed by atoms with Gasteiger partial charge in [0.05, 0.1) is 6.04 Å². The molecular weight excluding hydrogens is 244 g/mol. The van der Waals surface area contributed by atoms with Crippen LogP contribution in [0.25, 0.3) is 0 Å². The highest BCUT2D eigenvalue weighted by Crippen LogP contribution is 2.36. The summed E-state index contributed by atoms with van der Waals surface area (Å²) >= 11 is 1.79. The van der Waals surface area contributed by atoms with Gasteiger partial charge in [-0.2, -0.15) is 0 Å². The topological polar surface area (TPSA) is 41.1 Å². The molecule has 96 valence electrons.